The number of nitrogens with one attached hydrogen (secondary N) is 1. The van der Waals surface area contributed by atoms with Crippen molar-refractivity contribution in [3.05, 3.63) is 50.1 Å². The second-order valence-electron chi connectivity index (χ2n) is 3.59. The molecule has 0 fully saturated rings. The molecule has 0 bridgehead atoms. The third-order valence-corrected chi connectivity index (χ3v) is 4.63. The van der Waals surface area contributed by atoms with Gasteiger partial charge in [-0.2, -0.15) is 0 Å². The molecule has 2 aromatic rings. The summed E-state index contributed by atoms with van der Waals surface area (Å²) in [6, 6.07) is 8.51. The lowest BCUT2D eigenvalue weighted by molar-refractivity contribution is -0.118. The van der Waals surface area contributed by atoms with Gasteiger partial charge >= 0.3 is 0 Å². The van der Waals surface area contributed by atoms with Crippen LogP contribution in [0.4, 0.5) is 5.69 Å². The van der Waals surface area contributed by atoms with E-state index in [2.05, 4.69) is 21.2 Å². The van der Waals surface area contributed by atoms with Crippen LogP contribution in [0.15, 0.2) is 40.2 Å². The third-order valence-electron chi connectivity index (χ3n) is 2.37. The van der Waals surface area contributed by atoms with Crippen LogP contribution in [-0.4, -0.2) is 5.91 Å². The van der Waals surface area contributed by atoms with Crippen molar-refractivity contribution in [3.8, 4) is 0 Å². The van der Waals surface area contributed by atoms with Gasteiger partial charge in [0.1, 0.15) is 6.04 Å². The van der Waals surface area contributed by atoms with Gasteiger partial charge in [0.25, 0.3) is 0 Å². The van der Waals surface area contributed by atoms with E-state index in [1.54, 1.807) is 12.1 Å². The number of amides is 1. The first-order valence-corrected chi connectivity index (χ1v) is 7.18. The number of primary amides is 1. The van der Waals surface area contributed by atoms with E-state index >= 15 is 0 Å². The van der Waals surface area contributed by atoms with Crippen LogP contribution in [0.3, 0.4) is 0 Å². The monoisotopic (exact) mass is 344 g/mol. The van der Waals surface area contributed by atoms with Gasteiger partial charge in [-0.15, -0.1) is 11.3 Å². The summed E-state index contributed by atoms with van der Waals surface area (Å²) in [4.78, 5) is 12.4. The highest BCUT2D eigenvalue weighted by atomic mass is 79.9. The number of halogens is 2. The molecule has 0 spiro atoms. The fraction of sp³-hybridized carbons (Fsp3) is 0.0833. The Labute approximate surface area is 122 Å². The van der Waals surface area contributed by atoms with Gasteiger partial charge in [-0.25, -0.2) is 0 Å². The summed E-state index contributed by atoms with van der Waals surface area (Å²) in [7, 11) is 0. The summed E-state index contributed by atoms with van der Waals surface area (Å²) in [6.07, 6.45) is 0. The molecule has 0 aliphatic rings. The fourth-order valence-electron chi connectivity index (χ4n) is 1.51. The summed E-state index contributed by atoms with van der Waals surface area (Å²) in [5, 5.41) is 5.51. The predicted octanol–water partition coefficient (Wildman–Crippen LogP) is 3.80. The Kier molecular flexibility index (Phi) is 4.27. The van der Waals surface area contributed by atoms with Crippen molar-refractivity contribution in [1.29, 1.82) is 0 Å². The molecule has 6 heteroatoms. The van der Waals surface area contributed by atoms with Gasteiger partial charge in [0.2, 0.25) is 5.91 Å². The van der Waals surface area contributed by atoms with Crippen LogP contribution in [0.25, 0.3) is 0 Å². The van der Waals surface area contributed by atoms with Crippen LogP contribution in [0, 0.1) is 0 Å². The average molecular weight is 346 g/mol. The highest BCUT2D eigenvalue weighted by Gasteiger charge is 2.22. The van der Waals surface area contributed by atoms with Crippen LogP contribution in [0.2, 0.25) is 5.02 Å². The van der Waals surface area contributed by atoms with E-state index in [-0.39, 0.29) is 0 Å². The molecule has 0 saturated heterocycles. The number of thiophene rings is 1. The summed E-state index contributed by atoms with van der Waals surface area (Å²) >= 11 is 10.9. The number of rotatable bonds is 4. The Balaban J connectivity index is 2.31. The van der Waals surface area contributed by atoms with Gasteiger partial charge in [-0.3, -0.25) is 4.79 Å². The molecule has 2 rings (SSSR count). The van der Waals surface area contributed by atoms with E-state index in [9.17, 15) is 4.79 Å². The molecule has 0 saturated carbocycles. The zero-order valence-electron chi connectivity index (χ0n) is 9.19. The van der Waals surface area contributed by atoms with Gasteiger partial charge in [0.05, 0.1) is 15.6 Å². The van der Waals surface area contributed by atoms with Crippen molar-refractivity contribution < 1.29 is 4.79 Å². The normalized spacial score (nSPS) is 12.1. The molecule has 94 valence electrons. The van der Waals surface area contributed by atoms with Crippen molar-refractivity contribution in [2.45, 2.75) is 6.04 Å². The van der Waals surface area contributed by atoms with Gasteiger partial charge in [0, 0.05) is 4.47 Å². The number of benzene rings is 1. The maximum absolute atomic E-state index is 11.6. The molecule has 0 aliphatic heterocycles. The second-order valence-corrected chi connectivity index (χ2v) is 5.80. The van der Waals surface area contributed by atoms with Gasteiger partial charge < -0.3 is 11.1 Å². The van der Waals surface area contributed by atoms with E-state index in [4.69, 9.17) is 17.3 Å². The zero-order chi connectivity index (χ0) is 13.1. The topological polar surface area (TPSA) is 55.1 Å². The number of carbonyl (C=O) groups excluding carboxylic acids is 1. The number of hydrogen-bond donors (Lipinski definition) is 2. The summed E-state index contributed by atoms with van der Waals surface area (Å²) < 4.78 is 0.857. The Morgan fingerprint density at radius 2 is 2.11 bits per heavy atom. The van der Waals surface area contributed by atoms with E-state index in [0.717, 1.165) is 9.35 Å². The number of carbonyl (C=O) groups is 1. The summed E-state index contributed by atoms with van der Waals surface area (Å²) in [6.45, 7) is 0. The molecule has 3 N–H and O–H groups in total. The molecular formula is C12H10BrClN2OS. The van der Waals surface area contributed by atoms with Crippen molar-refractivity contribution in [1.82, 2.24) is 0 Å². The molecule has 0 radical (unpaired) electrons. The van der Waals surface area contributed by atoms with Crippen molar-refractivity contribution >= 4 is 50.5 Å². The first kappa shape index (κ1) is 13.4. The van der Waals surface area contributed by atoms with E-state index in [1.807, 2.05) is 23.6 Å². The molecule has 0 aliphatic carbocycles. The van der Waals surface area contributed by atoms with Crippen molar-refractivity contribution in [3.63, 3.8) is 0 Å². The number of nitrogens with two attached hydrogens (primary N) is 1. The first-order valence-electron chi connectivity index (χ1n) is 5.13. The molecule has 1 aromatic carbocycles. The third kappa shape index (κ3) is 2.85. The SMILES string of the molecule is NC(=O)C(Nc1ccccc1Cl)c1sccc1Br. The van der Waals surface area contributed by atoms with Gasteiger partial charge in [-0.1, -0.05) is 23.7 Å². The van der Waals surface area contributed by atoms with Crippen molar-refractivity contribution in [2.24, 2.45) is 5.73 Å². The summed E-state index contributed by atoms with van der Waals surface area (Å²) in [5.74, 6) is -0.446. The lowest BCUT2D eigenvalue weighted by Crippen LogP contribution is -2.27. The minimum atomic E-state index is -0.598. The minimum Gasteiger partial charge on any atom is -0.368 e. The molecule has 1 heterocycles. The molecule has 1 amide bonds. The Morgan fingerprint density at radius 3 is 2.67 bits per heavy atom. The maximum Gasteiger partial charge on any atom is 0.245 e. The average Bonchev–Trinajstić information content (AvgIpc) is 2.74. The van der Waals surface area contributed by atoms with Crippen LogP contribution in [0.1, 0.15) is 10.9 Å². The standard InChI is InChI=1S/C12H10BrClN2OS/c13-7-5-6-18-11(7)10(12(15)17)16-9-4-2-1-3-8(9)14/h1-6,10,16H,(H2,15,17). The van der Waals surface area contributed by atoms with E-state index < -0.39 is 11.9 Å². The second kappa shape index (κ2) is 5.73. The fourth-order valence-corrected chi connectivity index (χ4v) is 3.36. The highest BCUT2D eigenvalue weighted by Crippen LogP contribution is 2.33. The lowest BCUT2D eigenvalue weighted by Gasteiger charge is -2.17. The minimum absolute atomic E-state index is 0.446. The molecule has 1 aromatic heterocycles. The first-order chi connectivity index (χ1) is 8.59. The zero-order valence-corrected chi connectivity index (χ0v) is 12.3. The molecule has 18 heavy (non-hydrogen) atoms. The quantitative estimate of drug-likeness (QED) is 0.885. The van der Waals surface area contributed by atoms with Gasteiger partial charge in [-0.05, 0) is 39.5 Å². The van der Waals surface area contributed by atoms with Gasteiger partial charge in [0.15, 0.2) is 0 Å². The molecular weight excluding hydrogens is 336 g/mol. The Bertz CT molecular complexity index is 573. The van der Waals surface area contributed by atoms with E-state index in [0.29, 0.717) is 10.7 Å². The summed E-state index contributed by atoms with van der Waals surface area (Å²) in [5.41, 5.74) is 6.12. The van der Waals surface area contributed by atoms with Crippen LogP contribution >= 0.6 is 38.9 Å². The van der Waals surface area contributed by atoms with Crippen LogP contribution in [-0.2, 0) is 4.79 Å². The van der Waals surface area contributed by atoms with Crippen LogP contribution < -0.4 is 11.1 Å². The predicted molar refractivity (Wildman–Crippen MR) is 79.0 cm³/mol. The Morgan fingerprint density at radius 1 is 1.39 bits per heavy atom. The van der Waals surface area contributed by atoms with E-state index in [1.165, 1.54) is 11.3 Å². The lowest BCUT2D eigenvalue weighted by atomic mass is 10.2. The smallest absolute Gasteiger partial charge is 0.245 e. The maximum atomic E-state index is 11.6. The Hall–Kier alpha value is -1.04. The number of hydrogen-bond acceptors (Lipinski definition) is 3. The highest BCUT2D eigenvalue weighted by molar-refractivity contribution is 9.10. The number of anilines is 1. The van der Waals surface area contributed by atoms with Crippen LogP contribution in [0.5, 0.6) is 0 Å². The molecule has 1 atom stereocenters. The van der Waals surface area contributed by atoms with Crippen molar-refractivity contribution in [2.75, 3.05) is 5.32 Å². The molecule has 3 nitrogen and oxygen atoms in total. The number of para-hydroxylation sites is 1. The molecule has 1 unspecified atom stereocenters. The largest absolute Gasteiger partial charge is 0.368 e.